The Bertz CT molecular complexity index is 676. The molecular weight excluding hydrogens is 254 g/mol. The number of halogens is 1. The van der Waals surface area contributed by atoms with Crippen molar-refractivity contribution in [2.24, 2.45) is 0 Å². The Morgan fingerprint density at radius 1 is 1.39 bits per heavy atom. The van der Waals surface area contributed by atoms with Gasteiger partial charge in [-0.05, 0) is 30.7 Å². The van der Waals surface area contributed by atoms with Crippen LogP contribution in [0.2, 0.25) is 5.28 Å². The van der Waals surface area contributed by atoms with Gasteiger partial charge < -0.3 is 9.84 Å². The smallest absolute Gasteiger partial charge is 0.243 e. The maximum atomic E-state index is 5.90. The molecule has 3 aromatic heterocycles. The van der Waals surface area contributed by atoms with Crippen LogP contribution in [0.5, 0.6) is 0 Å². The lowest BCUT2D eigenvalue weighted by molar-refractivity contribution is 0.412. The highest BCUT2D eigenvalue weighted by Gasteiger charge is 2.08. The molecule has 7 heteroatoms. The maximum Gasteiger partial charge on any atom is 0.243 e. The number of fused-ring (bicyclic) bond motifs is 1. The van der Waals surface area contributed by atoms with Gasteiger partial charge in [0, 0.05) is 11.8 Å². The topological polar surface area (TPSA) is 68.2 Å². The van der Waals surface area contributed by atoms with Crippen LogP contribution in [-0.2, 0) is 6.54 Å². The number of nitrogens with one attached hydrogen (secondary N) is 1. The van der Waals surface area contributed by atoms with Crippen molar-refractivity contribution in [3.8, 4) is 0 Å². The van der Waals surface area contributed by atoms with Gasteiger partial charge in [-0.2, -0.15) is 4.98 Å². The summed E-state index contributed by atoms with van der Waals surface area (Å²) in [6.45, 7) is 2.47. The molecule has 92 valence electrons. The first-order valence-corrected chi connectivity index (χ1v) is 5.77. The third-order valence-corrected chi connectivity index (χ3v) is 2.76. The highest BCUT2D eigenvalue weighted by Crippen LogP contribution is 2.19. The number of hydrogen-bond acceptors (Lipinski definition) is 5. The molecule has 0 unspecified atom stereocenters. The molecule has 0 spiro atoms. The molecule has 1 N–H and O–H groups in total. The zero-order valence-corrected chi connectivity index (χ0v) is 10.3. The molecule has 0 aliphatic heterocycles. The minimum absolute atomic E-state index is 0.199. The summed E-state index contributed by atoms with van der Waals surface area (Å²) in [4.78, 5) is 4.18. The van der Waals surface area contributed by atoms with Crippen LogP contribution in [0.15, 0.2) is 29.0 Å². The lowest BCUT2D eigenvalue weighted by Gasteiger charge is -2.06. The van der Waals surface area contributed by atoms with Crippen LogP contribution in [0.1, 0.15) is 11.4 Å². The van der Waals surface area contributed by atoms with E-state index in [2.05, 4.69) is 20.6 Å². The number of rotatable bonds is 3. The summed E-state index contributed by atoms with van der Waals surface area (Å²) < 4.78 is 6.51. The molecule has 3 heterocycles. The minimum atomic E-state index is 0.199. The highest BCUT2D eigenvalue weighted by molar-refractivity contribution is 6.28. The SMILES string of the molecule is Cc1ccc2c(NCc3ccon3)nc(Cl)nn12. The molecule has 6 nitrogen and oxygen atoms in total. The molecule has 0 aromatic carbocycles. The number of anilines is 1. The predicted molar refractivity (Wildman–Crippen MR) is 66.6 cm³/mol. The predicted octanol–water partition coefficient (Wildman–Crippen LogP) is 2.29. The molecule has 0 aliphatic rings. The van der Waals surface area contributed by atoms with E-state index in [4.69, 9.17) is 16.1 Å². The first-order chi connectivity index (χ1) is 8.74. The lowest BCUT2D eigenvalue weighted by Crippen LogP contribution is -2.06. The van der Waals surface area contributed by atoms with Crippen molar-refractivity contribution in [1.29, 1.82) is 0 Å². The van der Waals surface area contributed by atoms with E-state index >= 15 is 0 Å². The normalized spacial score (nSPS) is 11.0. The summed E-state index contributed by atoms with van der Waals surface area (Å²) in [5, 5.41) is 11.3. The van der Waals surface area contributed by atoms with E-state index in [1.54, 1.807) is 10.6 Å². The Morgan fingerprint density at radius 3 is 3.06 bits per heavy atom. The van der Waals surface area contributed by atoms with Gasteiger partial charge in [-0.15, -0.1) is 5.10 Å². The highest BCUT2D eigenvalue weighted by atomic mass is 35.5. The van der Waals surface area contributed by atoms with E-state index < -0.39 is 0 Å². The second-order valence-corrected chi connectivity index (χ2v) is 4.18. The van der Waals surface area contributed by atoms with Crippen LogP contribution in [0.25, 0.3) is 5.52 Å². The van der Waals surface area contributed by atoms with Crippen molar-refractivity contribution in [3.63, 3.8) is 0 Å². The Hall–Kier alpha value is -2.08. The van der Waals surface area contributed by atoms with Crippen LogP contribution in [-0.4, -0.2) is 19.8 Å². The molecule has 0 atom stereocenters. The molecule has 0 saturated carbocycles. The summed E-state index contributed by atoms with van der Waals surface area (Å²) in [6, 6.07) is 5.69. The summed E-state index contributed by atoms with van der Waals surface area (Å²) in [6.07, 6.45) is 1.53. The number of hydrogen-bond donors (Lipinski definition) is 1. The van der Waals surface area contributed by atoms with Gasteiger partial charge in [0.15, 0.2) is 5.82 Å². The molecule has 0 saturated heterocycles. The Balaban J connectivity index is 1.95. The van der Waals surface area contributed by atoms with Gasteiger partial charge in [0.2, 0.25) is 5.28 Å². The van der Waals surface area contributed by atoms with E-state index in [0.717, 1.165) is 16.9 Å². The minimum Gasteiger partial charge on any atom is -0.364 e. The fourth-order valence-corrected chi connectivity index (χ4v) is 1.89. The molecule has 0 bridgehead atoms. The second kappa shape index (κ2) is 4.30. The van der Waals surface area contributed by atoms with Crippen molar-refractivity contribution in [2.75, 3.05) is 5.32 Å². The van der Waals surface area contributed by atoms with E-state index in [9.17, 15) is 0 Å². The van der Waals surface area contributed by atoms with Crippen LogP contribution in [0, 0.1) is 6.92 Å². The summed E-state index contributed by atoms with van der Waals surface area (Å²) in [5.74, 6) is 0.672. The standard InChI is InChI=1S/C11H10ClN5O/c1-7-2-3-9-10(14-11(12)15-17(7)9)13-6-8-4-5-18-16-8/h2-5H,6H2,1H3,(H,13,14,15). The molecule has 3 rings (SSSR count). The van der Waals surface area contributed by atoms with Gasteiger partial charge in [0.25, 0.3) is 0 Å². The van der Waals surface area contributed by atoms with E-state index in [0.29, 0.717) is 12.4 Å². The molecular formula is C11H10ClN5O. The van der Waals surface area contributed by atoms with Gasteiger partial charge in [-0.3, -0.25) is 0 Å². The second-order valence-electron chi connectivity index (χ2n) is 3.85. The molecule has 0 amide bonds. The van der Waals surface area contributed by atoms with Crippen LogP contribution in [0.3, 0.4) is 0 Å². The zero-order valence-electron chi connectivity index (χ0n) is 9.59. The molecule has 0 radical (unpaired) electrons. The first kappa shape index (κ1) is 11.0. The van der Waals surface area contributed by atoms with Gasteiger partial charge in [-0.25, -0.2) is 4.52 Å². The molecule has 18 heavy (non-hydrogen) atoms. The van der Waals surface area contributed by atoms with Gasteiger partial charge >= 0.3 is 0 Å². The monoisotopic (exact) mass is 263 g/mol. The first-order valence-electron chi connectivity index (χ1n) is 5.39. The summed E-state index contributed by atoms with van der Waals surface area (Å²) in [5.41, 5.74) is 2.67. The quantitative estimate of drug-likeness (QED) is 0.785. The maximum absolute atomic E-state index is 5.90. The number of aryl methyl sites for hydroxylation is 1. The van der Waals surface area contributed by atoms with Crippen LogP contribution < -0.4 is 5.32 Å². The van der Waals surface area contributed by atoms with E-state index in [1.165, 1.54) is 6.26 Å². The fourth-order valence-electron chi connectivity index (χ4n) is 1.73. The van der Waals surface area contributed by atoms with Gasteiger partial charge in [-0.1, -0.05) is 5.16 Å². The Kier molecular flexibility index (Phi) is 2.64. The van der Waals surface area contributed by atoms with Crippen LogP contribution in [0.4, 0.5) is 5.82 Å². The third kappa shape index (κ3) is 1.91. The van der Waals surface area contributed by atoms with Crippen molar-refractivity contribution >= 4 is 22.9 Å². The summed E-state index contributed by atoms with van der Waals surface area (Å²) in [7, 11) is 0. The van der Waals surface area contributed by atoms with E-state index in [-0.39, 0.29) is 5.28 Å². The molecule has 3 aromatic rings. The third-order valence-electron chi connectivity index (χ3n) is 2.60. The van der Waals surface area contributed by atoms with E-state index in [1.807, 2.05) is 19.1 Å². The largest absolute Gasteiger partial charge is 0.364 e. The zero-order chi connectivity index (χ0) is 12.5. The number of aromatic nitrogens is 4. The summed E-state index contributed by atoms with van der Waals surface area (Å²) >= 11 is 5.90. The Morgan fingerprint density at radius 2 is 2.28 bits per heavy atom. The lowest BCUT2D eigenvalue weighted by atomic mass is 10.4. The number of nitrogens with zero attached hydrogens (tertiary/aromatic N) is 4. The van der Waals surface area contributed by atoms with Crippen molar-refractivity contribution in [1.82, 2.24) is 19.8 Å². The van der Waals surface area contributed by atoms with Gasteiger partial charge in [0.05, 0.1) is 6.54 Å². The van der Waals surface area contributed by atoms with Crippen molar-refractivity contribution in [2.45, 2.75) is 13.5 Å². The van der Waals surface area contributed by atoms with Gasteiger partial charge in [0.1, 0.15) is 17.5 Å². The molecule has 0 fully saturated rings. The average molecular weight is 264 g/mol. The Labute approximate surface area is 108 Å². The van der Waals surface area contributed by atoms with Crippen LogP contribution >= 0.6 is 11.6 Å². The molecule has 0 aliphatic carbocycles. The van der Waals surface area contributed by atoms with Crippen molar-refractivity contribution < 1.29 is 4.52 Å². The fraction of sp³-hybridized carbons (Fsp3) is 0.182. The average Bonchev–Trinajstić information content (AvgIpc) is 2.97. The van der Waals surface area contributed by atoms with Crippen molar-refractivity contribution in [3.05, 3.63) is 41.1 Å².